The molecule has 17 heavy (non-hydrogen) atoms. The molecule has 6 nitrogen and oxygen atoms in total. The number of amides is 2. The Morgan fingerprint density at radius 2 is 1.76 bits per heavy atom. The number of carboxylic acid groups (broad SMARTS) is 1. The first kappa shape index (κ1) is 15.7. The third-order valence-electron chi connectivity index (χ3n) is 2.32. The predicted octanol–water partition coefficient (Wildman–Crippen LogP) is 0.444. The maximum atomic E-state index is 11.5. The minimum absolute atomic E-state index is 0.0233. The lowest BCUT2D eigenvalue weighted by Gasteiger charge is -2.17. The molecule has 0 aliphatic heterocycles. The highest BCUT2D eigenvalue weighted by atomic mass is 16.4. The average Bonchev–Trinajstić information content (AvgIpc) is 2.24. The van der Waals surface area contributed by atoms with E-state index in [9.17, 15) is 9.59 Å². The van der Waals surface area contributed by atoms with Gasteiger partial charge >= 0.3 is 12.0 Å². The van der Waals surface area contributed by atoms with Gasteiger partial charge in [-0.25, -0.2) is 4.79 Å². The molecule has 2 N–H and O–H groups in total. The quantitative estimate of drug-likeness (QED) is 0.609. The number of rotatable bonds is 8. The van der Waals surface area contributed by atoms with Gasteiger partial charge < -0.3 is 20.2 Å². The third kappa shape index (κ3) is 9.62. The highest BCUT2D eigenvalue weighted by molar-refractivity contribution is 5.74. The van der Waals surface area contributed by atoms with Crippen LogP contribution in [0.2, 0.25) is 0 Å². The number of carboxylic acids is 1. The van der Waals surface area contributed by atoms with Crippen molar-refractivity contribution in [3.8, 4) is 0 Å². The largest absolute Gasteiger partial charge is 0.481 e. The molecule has 0 radical (unpaired) electrons. The molecule has 0 rings (SSSR count). The molecule has 0 aromatic rings. The molecule has 0 aromatic carbocycles. The molecule has 6 heteroatoms. The zero-order chi connectivity index (χ0) is 13.3. The minimum Gasteiger partial charge on any atom is -0.481 e. The maximum Gasteiger partial charge on any atom is 0.317 e. The fourth-order valence-corrected chi connectivity index (χ4v) is 1.25. The van der Waals surface area contributed by atoms with Crippen LogP contribution in [0.4, 0.5) is 4.79 Å². The molecule has 0 unspecified atom stereocenters. The van der Waals surface area contributed by atoms with E-state index in [1.165, 1.54) is 4.90 Å². The smallest absolute Gasteiger partial charge is 0.317 e. The number of carbonyl (C=O) groups excluding carboxylic acids is 1. The second-order valence-corrected chi connectivity index (χ2v) is 4.31. The molecule has 0 aromatic heterocycles. The highest BCUT2D eigenvalue weighted by Crippen LogP contribution is 1.92. The molecule has 0 heterocycles. The maximum absolute atomic E-state index is 11.5. The van der Waals surface area contributed by atoms with E-state index in [1.54, 1.807) is 7.05 Å². The Hall–Kier alpha value is -1.30. The van der Waals surface area contributed by atoms with Crippen LogP contribution in [0.3, 0.4) is 0 Å². The second kappa shape index (κ2) is 8.81. The van der Waals surface area contributed by atoms with Crippen LogP contribution in [0.15, 0.2) is 0 Å². The molecule has 0 saturated carbocycles. The van der Waals surface area contributed by atoms with Gasteiger partial charge in [-0.1, -0.05) is 0 Å². The fraction of sp³-hybridized carbons (Fsp3) is 0.818. The predicted molar refractivity (Wildman–Crippen MR) is 66.1 cm³/mol. The third-order valence-corrected chi connectivity index (χ3v) is 2.32. The first-order valence-corrected chi connectivity index (χ1v) is 5.79. The van der Waals surface area contributed by atoms with Crippen molar-refractivity contribution in [3.63, 3.8) is 0 Å². The first-order chi connectivity index (χ1) is 7.93. The van der Waals surface area contributed by atoms with Gasteiger partial charge in [-0.05, 0) is 33.5 Å². The number of urea groups is 1. The van der Waals surface area contributed by atoms with Crippen LogP contribution in [0.5, 0.6) is 0 Å². The lowest BCUT2D eigenvalue weighted by atomic mass is 10.3. The van der Waals surface area contributed by atoms with Crippen LogP contribution in [0, 0.1) is 0 Å². The monoisotopic (exact) mass is 245 g/mol. The van der Waals surface area contributed by atoms with Crippen molar-refractivity contribution in [2.75, 3.05) is 40.8 Å². The van der Waals surface area contributed by atoms with Crippen LogP contribution in [-0.2, 0) is 4.79 Å². The summed E-state index contributed by atoms with van der Waals surface area (Å²) in [6.07, 6.45) is 1.94. The second-order valence-electron chi connectivity index (χ2n) is 4.31. The van der Waals surface area contributed by atoms with Gasteiger partial charge in [0.15, 0.2) is 0 Å². The van der Waals surface area contributed by atoms with Gasteiger partial charge in [0, 0.05) is 20.1 Å². The molecule has 0 atom stereocenters. The summed E-state index contributed by atoms with van der Waals surface area (Å²) in [5.74, 6) is -0.893. The summed E-state index contributed by atoms with van der Waals surface area (Å²) in [5.41, 5.74) is 0. The molecule has 0 aliphatic carbocycles. The summed E-state index contributed by atoms with van der Waals surface area (Å²) in [5, 5.41) is 11.2. The minimum atomic E-state index is -0.893. The normalized spacial score (nSPS) is 10.4. The van der Waals surface area contributed by atoms with Gasteiger partial charge in [-0.15, -0.1) is 0 Å². The molecule has 0 spiro atoms. The van der Waals surface area contributed by atoms with Crippen LogP contribution < -0.4 is 5.32 Å². The molecular weight excluding hydrogens is 222 g/mol. The Morgan fingerprint density at radius 1 is 1.12 bits per heavy atom. The fourth-order valence-electron chi connectivity index (χ4n) is 1.25. The summed E-state index contributed by atoms with van der Waals surface area (Å²) in [6, 6.07) is -0.212. The van der Waals surface area contributed by atoms with Crippen molar-refractivity contribution in [1.82, 2.24) is 15.1 Å². The number of hydrogen-bond donors (Lipinski definition) is 2. The van der Waals surface area contributed by atoms with Crippen LogP contribution in [0.1, 0.15) is 19.3 Å². The Labute approximate surface area is 103 Å². The summed E-state index contributed by atoms with van der Waals surface area (Å²) < 4.78 is 0. The van der Waals surface area contributed by atoms with Gasteiger partial charge in [0.1, 0.15) is 0 Å². The van der Waals surface area contributed by atoms with Crippen molar-refractivity contribution in [2.24, 2.45) is 0 Å². The summed E-state index contributed by atoms with van der Waals surface area (Å²) >= 11 is 0. The van der Waals surface area contributed by atoms with Gasteiger partial charge in [0.05, 0.1) is 6.42 Å². The van der Waals surface area contributed by atoms with Crippen molar-refractivity contribution < 1.29 is 14.7 Å². The molecule has 0 aliphatic rings. The molecule has 0 saturated heterocycles. The molecule has 2 amide bonds. The van der Waals surface area contributed by atoms with Gasteiger partial charge in [-0.3, -0.25) is 4.79 Å². The zero-order valence-corrected chi connectivity index (χ0v) is 10.9. The van der Waals surface area contributed by atoms with Crippen molar-refractivity contribution in [1.29, 1.82) is 0 Å². The van der Waals surface area contributed by atoms with Crippen LogP contribution in [-0.4, -0.2) is 67.7 Å². The van der Waals surface area contributed by atoms with Crippen LogP contribution in [0.25, 0.3) is 0 Å². The molecule has 100 valence electrons. The van der Waals surface area contributed by atoms with Crippen LogP contribution >= 0.6 is 0 Å². The number of hydrogen-bond acceptors (Lipinski definition) is 3. The van der Waals surface area contributed by atoms with E-state index < -0.39 is 5.97 Å². The van der Waals surface area contributed by atoms with Gasteiger partial charge in [0.2, 0.25) is 0 Å². The van der Waals surface area contributed by atoms with E-state index in [1.807, 2.05) is 14.1 Å². The number of carbonyl (C=O) groups is 2. The Bertz CT molecular complexity index is 244. The number of nitrogens with one attached hydrogen (secondary N) is 1. The first-order valence-electron chi connectivity index (χ1n) is 5.79. The van der Waals surface area contributed by atoms with Crippen molar-refractivity contribution >= 4 is 12.0 Å². The van der Waals surface area contributed by atoms with E-state index in [-0.39, 0.29) is 19.0 Å². The molecular formula is C11H23N3O3. The number of aliphatic carboxylic acids is 1. The topological polar surface area (TPSA) is 72.9 Å². The van der Waals surface area contributed by atoms with Crippen molar-refractivity contribution in [2.45, 2.75) is 19.3 Å². The summed E-state index contributed by atoms with van der Waals surface area (Å²) in [6.45, 7) is 1.87. The molecule has 0 fully saturated rings. The van der Waals surface area contributed by atoms with E-state index in [2.05, 4.69) is 10.2 Å². The lowest BCUT2D eigenvalue weighted by molar-refractivity contribution is -0.137. The molecule has 0 bridgehead atoms. The highest BCUT2D eigenvalue weighted by Gasteiger charge is 2.08. The lowest BCUT2D eigenvalue weighted by Crippen LogP contribution is -2.38. The van der Waals surface area contributed by atoms with E-state index in [0.29, 0.717) is 6.54 Å². The van der Waals surface area contributed by atoms with E-state index in [4.69, 9.17) is 5.11 Å². The van der Waals surface area contributed by atoms with E-state index in [0.717, 1.165) is 19.4 Å². The summed E-state index contributed by atoms with van der Waals surface area (Å²) in [4.78, 5) is 25.3. The Kier molecular flexibility index (Phi) is 8.13. The van der Waals surface area contributed by atoms with Crippen molar-refractivity contribution in [3.05, 3.63) is 0 Å². The summed E-state index contributed by atoms with van der Waals surface area (Å²) in [7, 11) is 5.62. The standard InChI is InChI=1S/C11H23N3O3/c1-13(2)8-5-4-7-12-11(17)14(3)9-6-10(15)16/h4-9H2,1-3H3,(H,12,17)(H,15,16). The Balaban J connectivity index is 3.53. The number of unbranched alkanes of at least 4 members (excludes halogenated alkanes) is 1. The SMILES string of the molecule is CN(C)CCCCNC(=O)N(C)CCC(=O)O. The zero-order valence-electron chi connectivity index (χ0n) is 10.9. The average molecular weight is 245 g/mol. The van der Waals surface area contributed by atoms with E-state index >= 15 is 0 Å². The Morgan fingerprint density at radius 3 is 2.29 bits per heavy atom. The number of nitrogens with zero attached hydrogens (tertiary/aromatic N) is 2. The van der Waals surface area contributed by atoms with Gasteiger partial charge in [0.25, 0.3) is 0 Å². The van der Waals surface area contributed by atoms with Gasteiger partial charge in [-0.2, -0.15) is 0 Å².